The second kappa shape index (κ2) is 12.4. The predicted molar refractivity (Wildman–Crippen MR) is 132 cm³/mol. The average molecular weight is 492 g/mol. The molecule has 0 aliphatic carbocycles. The van der Waals surface area contributed by atoms with Crippen molar-refractivity contribution in [1.82, 2.24) is 10.9 Å². The van der Waals surface area contributed by atoms with Gasteiger partial charge in [0.25, 0.3) is 11.8 Å². The maximum Gasteiger partial charge on any atom is 0.277 e. The molecule has 0 aliphatic rings. The number of hydrogen-bond donors (Lipinski definition) is 4. The number of rotatable bonds is 10. The fraction of sp³-hybridized carbons (Fsp3) is 0.120. The molecule has 3 aromatic rings. The zero-order valence-corrected chi connectivity index (χ0v) is 19.5. The number of benzene rings is 3. The van der Waals surface area contributed by atoms with Crippen molar-refractivity contribution in [3.05, 3.63) is 77.4 Å². The molecule has 0 radical (unpaired) electrons. The largest absolute Gasteiger partial charge is 0.507 e. The number of hydrazone groups is 2. The first-order valence-corrected chi connectivity index (χ1v) is 10.5. The molecule has 186 valence electrons. The molecule has 0 fully saturated rings. The summed E-state index contributed by atoms with van der Waals surface area (Å²) in [6.45, 7) is -0.318. The first-order chi connectivity index (χ1) is 17.4. The van der Waals surface area contributed by atoms with E-state index < -0.39 is 11.8 Å². The van der Waals surface area contributed by atoms with E-state index in [4.69, 9.17) is 14.2 Å². The summed E-state index contributed by atoms with van der Waals surface area (Å²) in [5.74, 6) is 0.401. The highest BCUT2D eigenvalue weighted by molar-refractivity contribution is 5.95. The average Bonchev–Trinajstić information content (AvgIpc) is 2.89. The highest BCUT2D eigenvalue weighted by atomic mass is 16.5. The Morgan fingerprint density at radius 1 is 0.778 bits per heavy atom. The third-order valence-electron chi connectivity index (χ3n) is 4.72. The summed E-state index contributed by atoms with van der Waals surface area (Å²) in [6.07, 6.45) is 2.57. The number of aromatic hydroxyl groups is 2. The maximum absolute atomic E-state index is 12.3. The molecule has 0 saturated heterocycles. The highest BCUT2D eigenvalue weighted by Gasteiger charge is 2.07. The predicted octanol–water partition coefficient (Wildman–Crippen LogP) is 2.41. The summed E-state index contributed by atoms with van der Waals surface area (Å²) in [6, 6.07) is 15.3. The number of carbonyl (C=O) groups is 2. The van der Waals surface area contributed by atoms with Crippen molar-refractivity contribution in [1.29, 1.82) is 0 Å². The van der Waals surface area contributed by atoms with Crippen LogP contribution in [0.15, 0.2) is 70.9 Å². The molecule has 0 aliphatic heterocycles. The molecule has 36 heavy (non-hydrogen) atoms. The standard InChI is InChI=1S/C25H24N4O7/c1-34-20-7-9-22(30)17(11-20)13-26-28-24(32)15-36-19-5-3-16(4-6-19)25(33)29-27-14-18-12-21(35-2)8-10-23(18)31/h3-14,30-31H,15H2,1-2H3,(H,28,32)(H,29,33)/b26-13+,27-14+. The molecule has 0 spiro atoms. The van der Waals surface area contributed by atoms with Crippen LogP contribution in [0.4, 0.5) is 0 Å². The third-order valence-corrected chi connectivity index (χ3v) is 4.72. The lowest BCUT2D eigenvalue weighted by atomic mass is 10.2. The van der Waals surface area contributed by atoms with Crippen molar-refractivity contribution >= 4 is 24.2 Å². The van der Waals surface area contributed by atoms with Crippen LogP contribution in [-0.4, -0.2) is 55.3 Å². The molecule has 0 atom stereocenters. The number of hydrogen-bond acceptors (Lipinski definition) is 9. The van der Waals surface area contributed by atoms with Gasteiger partial charge in [0.2, 0.25) is 0 Å². The van der Waals surface area contributed by atoms with E-state index in [9.17, 15) is 19.8 Å². The van der Waals surface area contributed by atoms with Crippen molar-refractivity contribution in [2.24, 2.45) is 10.2 Å². The molecule has 4 N–H and O–H groups in total. The SMILES string of the molecule is COc1ccc(O)c(/C=N/NC(=O)COc2ccc(C(=O)N/N=C/c3cc(OC)ccc3O)cc2)c1. The molecule has 0 bridgehead atoms. The van der Waals surface area contributed by atoms with Gasteiger partial charge in [-0.05, 0) is 60.7 Å². The minimum Gasteiger partial charge on any atom is -0.507 e. The van der Waals surface area contributed by atoms with Crippen LogP contribution in [0.2, 0.25) is 0 Å². The molecule has 3 aromatic carbocycles. The minimum absolute atomic E-state index is 0.0107. The molecule has 11 heteroatoms. The molecule has 11 nitrogen and oxygen atoms in total. The normalized spacial score (nSPS) is 10.8. The topological polar surface area (TPSA) is 151 Å². The number of methoxy groups -OCH3 is 2. The summed E-state index contributed by atoms with van der Waals surface area (Å²) >= 11 is 0. The minimum atomic E-state index is -0.523. The van der Waals surface area contributed by atoms with E-state index >= 15 is 0 Å². The van der Waals surface area contributed by atoms with Crippen LogP contribution in [0.5, 0.6) is 28.7 Å². The summed E-state index contributed by atoms with van der Waals surface area (Å²) < 4.78 is 15.5. The summed E-state index contributed by atoms with van der Waals surface area (Å²) in [5, 5.41) is 27.3. The smallest absolute Gasteiger partial charge is 0.277 e. The molecule has 0 unspecified atom stereocenters. The quantitative estimate of drug-likeness (QED) is 0.251. The fourth-order valence-electron chi connectivity index (χ4n) is 2.81. The van der Waals surface area contributed by atoms with Crippen molar-refractivity contribution in [3.63, 3.8) is 0 Å². The number of nitrogens with one attached hydrogen (secondary N) is 2. The van der Waals surface area contributed by atoms with Crippen molar-refractivity contribution < 1.29 is 34.0 Å². The van der Waals surface area contributed by atoms with Gasteiger partial charge in [0, 0.05) is 16.7 Å². The maximum atomic E-state index is 12.3. The van der Waals surface area contributed by atoms with E-state index in [0.29, 0.717) is 33.9 Å². The van der Waals surface area contributed by atoms with Crippen LogP contribution in [-0.2, 0) is 4.79 Å². The number of carbonyl (C=O) groups excluding carboxylic acids is 2. The lowest BCUT2D eigenvalue weighted by Crippen LogP contribution is -2.24. The van der Waals surface area contributed by atoms with Crippen LogP contribution in [0.3, 0.4) is 0 Å². The van der Waals surface area contributed by atoms with E-state index in [1.165, 1.54) is 63.0 Å². The Balaban J connectivity index is 1.47. The Labute approximate surface area is 206 Å². The van der Waals surface area contributed by atoms with Gasteiger partial charge in [-0.25, -0.2) is 10.9 Å². The Bertz CT molecular complexity index is 1270. The van der Waals surface area contributed by atoms with Crippen LogP contribution < -0.4 is 25.1 Å². The van der Waals surface area contributed by atoms with Gasteiger partial charge < -0.3 is 24.4 Å². The first-order valence-electron chi connectivity index (χ1n) is 10.5. The Morgan fingerprint density at radius 3 is 1.81 bits per heavy atom. The molecule has 0 aromatic heterocycles. The third kappa shape index (κ3) is 7.22. The summed E-state index contributed by atoms with van der Waals surface area (Å²) in [5.41, 5.74) is 5.71. The fourth-order valence-corrected chi connectivity index (χ4v) is 2.81. The number of ether oxygens (including phenoxy) is 3. The van der Waals surface area contributed by atoms with Gasteiger partial charge in [0.1, 0.15) is 28.7 Å². The monoisotopic (exact) mass is 492 g/mol. The summed E-state index contributed by atoms with van der Waals surface area (Å²) in [4.78, 5) is 24.2. The van der Waals surface area contributed by atoms with Gasteiger partial charge in [-0.2, -0.15) is 10.2 Å². The van der Waals surface area contributed by atoms with Gasteiger partial charge in [-0.15, -0.1) is 0 Å². The molecule has 3 rings (SSSR count). The van der Waals surface area contributed by atoms with Gasteiger partial charge in [-0.3, -0.25) is 9.59 Å². The zero-order chi connectivity index (χ0) is 25.9. The highest BCUT2D eigenvalue weighted by Crippen LogP contribution is 2.22. The van der Waals surface area contributed by atoms with Crippen molar-refractivity contribution in [3.8, 4) is 28.7 Å². The van der Waals surface area contributed by atoms with E-state index in [1.54, 1.807) is 24.3 Å². The molecular weight excluding hydrogens is 468 g/mol. The van der Waals surface area contributed by atoms with Crippen LogP contribution >= 0.6 is 0 Å². The number of nitrogens with zero attached hydrogens (tertiary/aromatic N) is 2. The second-order valence-corrected chi connectivity index (χ2v) is 7.15. The number of phenolic OH excluding ortho intramolecular Hbond substituents is 2. The van der Waals surface area contributed by atoms with Crippen LogP contribution in [0.1, 0.15) is 21.5 Å². The Kier molecular flexibility index (Phi) is 8.82. The van der Waals surface area contributed by atoms with Gasteiger partial charge in [0.15, 0.2) is 6.61 Å². The Morgan fingerprint density at radius 2 is 1.28 bits per heavy atom. The van der Waals surface area contributed by atoms with Crippen LogP contribution in [0.25, 0.3) is 0 Å². The lowest BCUT2D eigenvalue weighted by molar-refractivity contribution is -0.123. The molecule has 0 saturated carbocycles. The Hall–Kier alpha value is -5.06. The van der Waals surface area contributed by atoms with Gasteiger partial charge >= 0.3 is 0 Å². The van der Waals surface area contributed by atoms with E-state index in [-0.39, 0.29) is 18.1 Å². The van der Waals surface area contributed by atoms with Crippen LogP contribution in [0, 0.1) is 0 Å². The lowest BCUT2D eigenvalue weighted by Gasteiger charge is -2.06. The van der Waals surface area contributed by atoms with Crippen molar-refractivity contribution in [2.75, 3.05) is 20.8 Å². The van der Waals surface area contributed by atoms with E-state index in [2.05, 4.69) is 21.1 Å². The van der Waals surface area contributed by atoms with E-state index in [0.717, 1.165) is 0 Å². The number of amides is 2. The second-order valence-electron chi connectivity index (χ2n) is 7.15. The number of phenols is 2. The molecule has 0 heterocycles. The molecular formula is C25H24N4O7. The van der Waals surface area contributed by atoms with E-state index in [1.807, 2.05) is 0 Å². The van der Waals surface area contributed by atoms with Gasteiger partial charge in [-0.1, -0.05) is 0 Å². The zero-order valence-electron chi connectivity index (χ0n) is 19.5. The van der Waals surface area contributed by atoms with Crippen molar-refractivity contribution in [2.45, 2.75) is 0 Å². The first kappa shape index (κ1) is 25.6. The van der Waals surface area contributed by atoms with Gasteiger partial charge in [0.05, 0.1) is 26.6 Å². The summed E-state index contributed by atoms with van der Waals surface area (Å²) in [7, 11) is 2.99. The molecule has 2 amide bonds.